The van der Waals surface area contributed by atoms with E-state index in [0.717, 1.165) is 5.92 Å². The van der Waals surface area contributed by atoms with E-state index in [4.69, 9.17) is 0 Å². The van der Waals surface area contributed by atoms with Gasteiger partial charge >= 0.3 is 0 Å². The minimum atomic E-state index is 0. The number of piperidine rings is 1. The molecule has 2 aliphatic rings. The van der Waals surface area contributed by atoms with Gasteiger partial charge in [-0.15, -0.1) is 12.4 Å². The zero-order chi connectivity index (χ0) is 13.2. The third-order valence-electron chi connectivity index (χ3n) is 4.75. The van der Waals surface area contributed by atoms with E-state index in [1.54, 1.807) is 0 Å². The second kappa shape index (κ2) is 7.26. The molecule has 1 fully saturated rings. The highest BCUT2D eigenvalue weighted by atomic mass is 79.9. The Balaban J connectivity index is 0.00000147. The summed E-state index contributed by atoms with van der Waals surface area (Å²) in [5, 5.41) is 3.46. The van der Waals surface area contributed by atoms with E-state index in [9.17, 15) is 0 Å². The Labute approximate surface area is 136 Å². The summed E-state index contributed by atoms with van der Waals surface area (Å²) < 4.78 is 1.29. The van der Waals surface area contributed by atoms with Gasteiger partial charge in [0.15, 0.2) is 0 Å². The molecule has 0 aliphatic carbocycles. The number of nitrogens with zero attached hydrogens (tertiary/aromatic N) is 1. The highest BCUT2D eigenvalue weighted by Gasteiger charge is 2.27. The lowest BCUT2D eigenvalue weighted by molar-refractivity contribution is 0.152. The van der Waals surface area contributed by atoms with E-state index < -0.39 is 0 Å². The van der Waals surface area contributed by atoms with Crippen LogP contribution in [0.4, 0.5) is 0 Å². The third-order valence-corrected chi connectivity index (χ3v) is 5.50. The van der Waals surface area contributed by atoms with Crippen molar-refractivity contribution in [2.24, 2.45) is 5.92 Å². The fraction of sp³-hybridized carbons (Fsp3) is 0.625. The van der Waals surface area contributed by atoms with E-state index >= 15 is 0 Å². The molecule has 2 nitrogen and oxygen atoms in total. The van der Waals surface area contributed by atoms with Crippen molar-refractivity contribution in [3.05, 3.63) is 33.8 Å². The normalized spacial score (nSPS) is 24.0. The molecule has 1 unspecified atom stereocenters. The molecule has 1 saturated heterocycles. The van der Waals surface area contributed by atoms with Gasteiger partial charge in [-0.3, -0.25) is 4.90 Å². The van der Waals surface area contributed by atoms with Gasteiger partial charge in [0.05, 0.1) is 0 Å². The Morgan fingerprint density at radius 1 is 1.30 bits per heavy atom. The Hall–Kier alpha value is -0.0900. The molecule has 112 valence electrons. The van der Waals surface area contributed by atoms with E-state index in [0.29, 0.717) is 6.04 Å². The Morgan fingerprint density at radius 3 is 2.80 bits per heavy atom. The largest absolute Gasteiger partial charge is 0.317 e. The van der Waals surface area contributed by atoms with Gasteiger partial charge in [0, 0.05) is 23.6 Å². The summed E-state index contributed by atoms with van der Waals surface area (Å²) in [5.41, 5.74) is 3.05. The predicted molar refractivity (Wildman–Crippen MR) is 90.7 cm³/mol. The van der Waals surface area contributed by atoms with Crippen LogP contribution in [0.2, 0.25) is 0 Å². The maximum atomic E-state index is 3.70. The summed E-state index contributed by atoms with van der Waals surface area (Å²) in [6, 6.07) is 7.22. The first-order chi connectivity index (χ1) is 9.25. The lowest BCUT2D eigenvalue weighted by Crippen LogP contribution is -2.40. The van der Waals surface area contributed by atoms with Crippen molar-refractivity contribution in [1.29, 1.82) is 0 Å². The smallest absolute Gasteiger partial charge is 0.0323 e. The van der Waals surface area contributed by atoms with Crippen LogP contribution in [0.15, 0.2) is 22.7 Å². The fourth-order valence-electron chi connectivity index (χ4n) is 3.52. The maximum absolute atomic E-state index is 3.70. The second-order valence-electron chi connectivity index (χ2n) is 5.92. The van der Waals surface area contributed by atoms with Gasteiger partial charge in [-0.2, -0.15) is 0 Å². The van der Waals surface area contributed by atoms with Gasteiger partial charge in [0.2, 0.25) is 0 Å². The molecule has 1 aromatic carbocycles. The van der Waals surface area contributed by atoms with Gasteiger partial charge in [0.1, 0.15) is 0 Å². The number of rotatable bonds is 2. The fourth-order valence-corrected chi connectivity index (χ4v) is 4.10. The molecule has 2 aliphatic heterocycles. The van der Waals surface area contributed by atoms with Crippen LogP contribution in [-0.4, -0.2) is 31.1 Å². The molecule has 3 rings (SSSR count). The molecule has 1 atom stereocenters. The van der Waals surface area contributed by atoms with E-state index in [2.05, 4.69) is 51.3 Å². The van der Waals surface area contributed by atoms with Gasteiger partial charge in [-0.25, -0.2) is 0 Å². The van der Waals surface area contributed by atoms with Crippen molar-refractivity contribution in [2.45, 2.75) is 32.2 Å². The van der Waals surface area contributed by atoms with Gasteiger partial charge in [0.25, 0.3) is 0 Å². The zero-order valence-electron chi connectivity index (χ0n) is 12.1. The molecule has 0 aromatic heterocycles. The number of hydrogen-bond donors (Lipinski definition) is 1. The van der Waals surface area contributed by atoms with Gasteiger partial charge in [-0.05, 0) is 62.4 Å². The molecule has 1 aromatic rings. The van der Waals surface area contributed by atoms with Gasteiger partial charge < -0.3 is 5.32 Å². The lowest BCUT2D eigenvalue weighted by Gasteiger charge is -2.38. The molecular formula is C16H24BrClN2. The molecule has 20 heavy (non-hydrogen) atoms. The van der Waals surface area contributed by atoms with Crippen molar-refractivity contribution in [2.75, 3.05) is 26.2 Å². The van der Waals surface area contributed by atoms with Crippen molar-refractivity contribution in [1.82, 2.24) is 10.2 Å². The highest BCUT2D eigenvalue weighted by Crippen LogP contribution is 2.34. The first-order valence-corrected chi connectivity index (χ1v) is 8.27. The summed E-state index contributed by atoms with van der Waals surface area (Å²) >= 11 is 3.70. The quantitative estimate of drug-likeness (QED) is 0.864. The molecular weight excluding hydrogens is 336 g/mol. The molecule has 4 heteroatoms. The van der Waals surface area contributed by atoms with E-state index in [1.165, 1.54) is 61.0 Å². The summed E-state index contributed by atoms with van der Waals surface area (Å²) in [6.07, 6.45) is 3.87. The molecule has 0 radical (unpaired) electrons. The van der Waals surface area contributed by atoms with E-state index in [1.807, 2.05) is 0 Å². The number of fused-ring (bicyclic) bond motifs is 1. The van der Waals surface area contributed by atoms with Crippen molar-refractivity contribution in [3.8, 4) is 0 Å². The average Bonchev–Trinajstić information content (AvgIpc) is 2.44. The van der Waals surface area contributed by atoms with Gasteiger partial charge in [-0.1, -0.05) is 28.1 Å². The lowest BCUT2D eigenvalue weighted by atomic mass is 9.91. The Kier molecular flexibility index (Phi) is 5.91. The van der Waals surface area contributed by atoms with Crippen molar-refractivity contribution in [3.63, 3.8) is 0 Å². The highest BCUT2D eigenvalue weighted by molar-refractivity contribution is 9.10. The van der Waals surface area contributed by atoms with Crippen molar-refractivity contribution < 1.29 is 0 Å². The number of halogens is 2. The standard InChI is InChI=1S/C16H23BrN2.ClH/c1-12-14-3-2-4-16(17)15(14)7-10-19(12)11-13-5-8-18-9-6-13;/h2-4,12-13,18H,5-11H2,1H3;1H. The number of benzene rings is 1. The van der Waals surface area contributed by atoms with Crippen LogP contribution >= 0.6 is 28.3 Å². The molecule has 0 bridgehead atoms. The van der Waals surface area contributed by atoms with Crippen LogP contribution in [0.25, 0.3) is 0 Å². The summed E-state index contributed by atoms with van der Waals surface area (Å²) in [5.74, 6) is 0.886. The molecule has 0 spiro atoms. The monoisotopic (exact) mass is 358 g/mol. The van der Waals surface area contributed by atoms with Crippen LogP contribution in [0.5, 0.6) is 0 Å². The first kappa shape index (κ1) is 16.3. The minimum Gasteiger partial charge on any atom is -0.317 e. The topological polar surface area (TPSA) is 15.3 Å². The van der Waals surface area contributed by atoms with Crippen LogP contribution in [0.3, 0.4) is 0 Å². The molecule has 1 N–H and O–H groups in total. The summed E-state index contributed by atoms with van der Waals surface area (Å²) in [7, 11) is 0. The average molecular weight is 360 g/mol. The predicted octanol–water partition coefficient (Wildman–Crippen LogP) is 3.79. The third kappa shape index (κ3) is 3.38. The second-order valence-corrected chi connectivity index (χ2v) is 6.78. The molecule has 0 saturated carbocycles. The van der Waals surface area contributed by atoms with Crippen LogP contribution in [0, 0.1) is 5.92 Å². The molecule has 0 amide bonds. The van der Waals surface area contributed by atoms with Crippen LogP contribution in [0.1, 0.15) is 36.9 Å². The van der Waals surface area contributed by atoms with Crippen LogP contribution < -0.4 is 5.32 Å². The summed E-state index contributed by atoms with van der Waals surface area (Å²) in [6.45, 7) is 7.26. The molecule has 2 heterocycles. The maximum Gasteiger partial charge on any atom is 0.0323 e. The SMILES string of the molecule is CC1c2cccc(Br)c2CCN1CC1CCNCC1.Cl. The summed E-state index contributed by atoms with van der Waals surface area (Å²) in [4.78, 5) is 2.69. The Bertz CT molecular complexity index is 446. The minimum absolute atomic E-state index is 0. The first-order valence-electron chi connectivity index (χ1n) is 7.48. The van der Waals surface area contributed by atoms with Crippen LogP contribution in [-0.2, 0) is 6.42 Å². The number of hydrogen-bond acceptors (Lipinski definition) is 2. The number of nitrogens with one attached hydrogen (secondary N) is 1. The zero-order valence-corrected chi connectivity index (χ0v) is 14.5. The van der Waals surface area contributed by atoms with E-state index in [-0.39, 0.29) is 12.4 Å². The Morgan fingerprint density at radius 2 is 2.05 bits per heavy atom. The van der Waals surface area contributed by atoms with Crippen molar-refractivity contribution >= 4 is 28.3 Å².